The number of rotatable bonds is 39. The molecule has 0 aromatic rings. The van der Waals surface area contributed by atoms with Crippen molar-refractivity contribution >= 4 is 11.9 Å². The maximum Gasteiger partial charge on any atom is 0.306 e. The van der Waals surface area contributed by atoms with Crippen LogP contribution >= 0.6 is 0 Å². The quantitative estimate of drug-likeness (QED) is 0.0327. The van der Waals surface area contributed by atoms with Gasteiger partial charge in [-0.05, 0) is 38.5 Å². The average molecular weight is 792 g/mol. The fraction of sp³-hybridized carbons (Fsp3) is 0.647. The van der Waals surface area contributed by atoms with Gasteiger partial charge in [-0.25, -0.2) is 0 Å². The normalized spacial score (nSPS) is 14.3. The molecule has 3 atom stereocenters. The summed E-state index contributed by atoms with van der Waals surface area (Å²) in [5.74, 6) is -0.642. The number of unbranched alkanes of at least 4 members (excludes halogenated alkanes) is 18. The minimum Gasteiger partial charge on any atom is -0.461 e. The molecule has 0 spiro atoms. The number of esters is 1. The highest BCUT2D eigenvalue weighted by molar-refractivity contribution is 5.77. The molecule has 0 bridgehead atoms. The molecule has 6 nitrogen and oxygen atoms in total. The van der Waals surface area contributed by atoms with E-state index in [4.69, 9.17) is 4.74 Å². The summed E-state index contributed by atoms with van der Waals surface area (Å²) in [4.78, 5) is 25.9. The molecule has 0 aromatic carbocycles. The first-order valence-corrected chi connectivity index (χ1v) is 23.1. The van der Waals surface area contributed by atoms with Crippen LogP contribution in [0, 0.1) is 0 Å². The lowest BCUT2D eigenvalue weighted by Crippen LogP contribution is -2.46. The van der Waals surface area contributed by atoms with Crippen LogP contribution in [0.2, 0.25) is 0 Å². The van der Waals surface area contributed by atoms with E-state index in [0.717, 1.165) is 70.6 Å². The van der Waals surface area contributed by atoms with Gasteiger partial charge in [0.2, 0.25) is 5.91 Å². The van der Waals surface area contributed by atoms with Gasteiger partial charge in [0.05, 0.1) is 25.2 Å². The summed E-state index contributed by atoms with van der Waals surface area (Å²) in [6.07, 6.45) is 57.7. The first-order chi connectivity index (χ1) is 28.0. The summed E-state index contributed by atoms with van der Waals surface area (Å²) < 4.78 is 5.80. The molecule has 6 heteroatoms. The van der Waals surface area contributed by atoms with Crippen LogP contribution in [0.4, 0.5) is 0 Å². The molecular weight excluding hydrogens is 707 g/mol. The molecule has 0 heterocycles. The van der Waals surface area contributed by atoms with Crippen molar-refractivity contribution in [1.82, 2.24) is 5.32 Å². The van der Waals surface area contributed by atoms with E-state index in [1.54, 1.807) is 0 Å². The van der Waals surface area contributed by atoms with Gasteiger partial charge in [-0.2, -0.15) is 0 Å². The number of allylic oxidation sites excluding steroid dienone is 15. The number of ether oxygens (including phenoxy) is 1. The first-order valence-electron chi connectivity index (χ1n) is 23.1. The van der Waals surface area contributed by atoms with Crippen molar-refractivity contribution in [2.24, 2.45) is 0 Å². The van der Waals surface area contributed by atoms with Crippen molar-refractivity contribution in [3.8, 4) is 0 Å². The van der Waals surface area contributed by atoms with Gasteiger partial charge >= 0.3 is 5.97 Å². The zero-order chi connectivity index (χ0) is 41.7. The Hall–Kier alpha value is -3.22. The second kappa shape index (κ2) is 43.9. The summed E-state index contributed by atoms with van der Waals surface area (Å²) >= 11 is 0. The molecule has 1 amide bonds. The minimum absolute atomic E-state index is 0.0323. The van der Waals surface area contributed by atoms with Crippen molar-refractivity contribution < 1.29 is 24.5 Å². The van der Waals surface area contributed by atoms with Gasteiger partial charge in [0.15, 0.2) is 0 Å². The van der Waals surface area contributed by atoms with E-state index in [-0.39, 0.29) is 24.9 Å². The van der Waals surface area contributed by atoms with Gasteiger partial charge in [-0.3, -0.25) is 9.59 Å². The highest BCUT2D eigenvalue weighted by Crippen LogP contribution is 2.16. The molecule has 0 aliphatic carbocycles. The predicted octanol–water partition coefficient (Wildman–Crippen LogP) is 13.4. The van der Waals surface area contributed by atoms with E-state index in [2.05, 4.69) is 62.5 Å². The SMILES string of the molecule is CC/C=C/C=C/C=C\C=C/C=C/CC(CC(=O)NC(CO)C(O)CCCCCCCCCCCCCCCC)OC(=O)CCCCCCC\C=C/C=C/C=C/CC. The third kappa shape index (κ3) is 39.4. The summed E-state index contributed by atoms with van der Waals surface area (Å²) in [6.45, 7) is 6.14. The van der Waals surface area contributed by atoms with E-state index in [1.807, 2.05) is 60.8 Å². The zero-order valence-electron chi connectivity index (χ0n) is 36.7. The predicted molar refractivity (Wildman–Crippen MR) is 245 cm³/mol. The lowest BCUT2D eigenvalue weighted by molar-refractivity contribution is -0.150. The number of amides is 1. The molecule has 0 fully saturated rings. The molecule has 3 N–H and O–H groups in total. The second-order valence-electron chi connectivity index (χ2n) is 15.2. The van der Waals surface area contributed by atoms with Gasteiger partial charge in [0.25, 0.3) is 0 Å². The monoisotopic (exact) mass is 792 g/mol. The lowest BCUT2D eigenvalue weighted by Gasteiger charge is -2.24. The molecule has 0 rings (SSSR count). The molecule has 0 aromatic heterocycles. The van der Waals surface area contributed by atoms with Gasteiger partial charge in [0, 0.05) is 12.8 Å². The Bertz CT molecular complexity index is 1160. The highest BCUT2D eigenvalue weighted by Gasteiger charge is 2.23. The number of nitrogens with one attached hydrogen (secondary N) is 1. The Kier molecular flexibility index (Phi) is 41.4. The fourth-order valence-electron chi connectivity index (χ4n) is 6.39. The molecule has 57 heavy (non-hydrogen) atoms. The van der Waals surface area contributed by atoms with Crippen molar-refractivity contribution in [2.75, 3.05) is 6.61 Å². The number of carbonyl (C=O) groups is 2. The first kappa shape index (κ1) is 53.8. The van der Waals surface area contributed by atoms with E-state index < -0.39 is 18.2 Å². The van der Waals surface area contributed by atoms with Gasteiger partial charge in [-0.1, -0.05) is 227 Å². The average Bonchev–Trinajstić information content (AvgIpc) is 3.20. The van der Waals surface area contributed by atoms with Crippen molar-refractivity contribution in [3.63, 3.8) is 0 Å². The third-order valence-electron chi connectivity index (χ3n) is 9.85. The maximum atomic E-state index is 13.1. The van der Waals surface area contributed by atoms with Gasteiger partial charge in [0.1, 0.15) is 6.10 Å². The van der Waals surface area contributed by atoms with Gasteiger partial charge in [-0.15, -0.1) is 0 Å². The van der Waals surface area contributed by atoms with Crippen molar-refractivity contribution in [3.05, 3.63) is 97.2 Å². The smallest absolute Gasteiger partial charge is 0.306 e. The summed E-state index contributed by atoms with van der Waals surface area (Å²) in [5, 5.41) is 23.6. The molecule has 0 aliphatic rings. The number of hydrogen-bond donors (Lipinski definition) is 3. The Labute approximate surface area is 350 Å². The fourth-order valence-corrected chi connectivity index (χ4v) is 6.39. The van der Waals surface area contributed by atoms with Crippen LogP contribution in [-0.4, -0.2) is 46.9 Å². The summed E-state index contributed by atoms with van der Waals surface area (Å²) in [5.41, 5.74) is 0. The van der Waals surface area contributed by atoms with Crippen LogP contribution < -0.4 is 5.32 Å². The molecule has 0 saturated heterocycles. The van der Waals surface area contributed by atoms with Crippen LogP contribution in [0.3, 0.4) is 0 Å². The van der Waals surface area contributed by atoms with E-state index in [1.165, 1.54) is 70.6 Å². The number of aliphatic hydroxyl groups is 2. The lowest BCUT2D eigenvalue weighted by atomic mass is 10.0. The molecule has 0 saturated carbocycles. The van der Waals surface area contributed by atoms with E-state index >= 15 is 0 Å². The van der Waals surface area contributed by atoms with Crippen molar-refractivity contribution in [1.29, 1.82) is 0 Å². The molecule has 0 radical (unpaired) electrons. The summed E-state index contributed by atoms with van der Waals surface area (Å²) in [6, 6.07) is -0.748. The highest BCUT2D eigenvalue weighted by atomic mass is 16.5. The maximum absolute atomic E-state index is 13.1. The largest absolute Gasteiger partial charge is 0.461 e. The van der Waals surface area contributed by atoms with E-state index in [9.17, 15) is 19.8 Å². The van der Waals surface area contributed by atoms with Crippen LogP contribution in [0.5, 0.6) is 0 Å². The Morgan fingerprint density at radius 2 is 0.982 bits per heavy atom. The Balaban J connectivity index is 4.73. The molecule has 3 unspecified atom stereocenters. The molecule has 324 valence electrons. The van der Waals surface area contributed by atoms with Gasteiger partial charge < -0.3 is 20.3 Å². The Morgan fingerprint density at radius 3 is 1.49 bits per heavy atom. The second-order valence-corrected chi connectivity index (χ2v) is 15.2. The minimum atomic E-state index is -0.825. The van der Waals surface area contributed by atoms with Crippen LogP contribution in [-0.2, 0) is 14.3 Å². The topological polar surface area (TPSA) is 95.9 Å². The number of carbonyl (C=O) groups excluding carboxylic acids is 2. The van der Waals surface area contributed by atoms with Crippen LogP contribution in [0.25, 0.3) is 0 Å². The third-order valence-corrected chi connectivity index (χ3v) is 9.85. The zero-order valence-corrected chi connectivity index (χ0v) is 36.7. The van der Waals surface area contributed by atoms with E-state index in [0.29, 0.717) is 19.3 Å². The number of hydrogen-bond acceptors (Lipinski definition) is 5. The van der Waals surface area contributed by atoms with Crippen LogP contribution in [0.1, 0.15) is 188 Å². The standard InChI is InChI=1S/C51H85NO5/c1-4-7-10-13-16-19-22-24-26-28-31-34-37-40-43-49(54)48(46-53)52-50(55)45-47(42-39-36-33-30-27-21-18-15-12-9-6-3)57-51(56)44-41-38-35-32-29-25-23-20-17-14-11-8-5-2/h8-9,11-12,14-15,17-18,20-21,23,27,30,33,36,39,47-49,53-54H,4-7,10,13,16,19,22,24-26,28-29,31-32,34-35,37-38,40-46H2,1-3H3,(H,52,55)/b11-8+,12-9+,17-14+,18-15+,23-20-,27-21-,33-30-,39-36+. The van der Waals surface area contributed by atoms with Crippen LogP contribution in [0.15, 0.2) is 97.2 Å². The molecule has 0 aliphatic heterocycles. The number of aliphatic hydroxyl groups excluding tert-OH is 2. The van der Waals surface area contributed by atoms with Crippen molar-refractivity contribution in [2.45, 2.75) is 206 Å². The molecular formula is C51H85NO5. The Morgan fingerprint density at radius 1 is 0.544 bits per heavy atom. The summed E-state index contributed by atoms with van der Waals surface area (Å²) in [7, 11) is 0.